The van der Waals surface area contributed by atoms with Crippen molar-refractivity contribution in [3.8, 4) is 11.6 Å². The SMILES string of the molecule is CCCc1nc(NCC)cc(Oc2ccc(F)c(Cl)c2)n1. The summed E-state index contributed by atoms with van der Waals surface area (Å²) in [6.07, 6.45) is 1.71. The Hall–Kier alpha value is -1.88. The largest absolute Gasteiger partial charge is 0.439 e. The van der Waals surface area contributed by atoms with E-state index in [4.69, 9.17) is 16.3 Å². The predicted octanol–water partition coefficient (Wildman–Crippen LogP) is 4.45. The number of rotatable bonds is 6. The highest BCUT2D eigenvalue weighted by Gasteiger charge is 2.08. The van der Waals surface area contributed by atoms with Gasteiger partial charge in [0.2, 0.25) is 5.88 Å². The molecular formula is C15H17ClFN3O. The van der Waals surface area contributed by atoms with Crippen LogP contribution < -0.4 is 10.1 Å². The number of anilines is 1. The Balaban J connectivity index is 2.26. The minimum absolute atomic E-state index is 0.0160. The van der Waals surface area contributed by atoms with Gasteiger partial charge in [-0.3, -0.25) is 0 Å². The molecule has 2 rings (SSSR count). The van der Waals surface area contributed by atoms with E-state index in [0.29, 0.717) is 23.3 Å². The average Bonchev–Trinajstić information content (AvgIpc) is 2.43. The molecule has 6 heteroatoms. The van der Waals surface area contributed by atoms with Gasteiger partial charge in [0.15, 0.2) is 0 Å². The van der Waals surface area contributed by atoms with Gasteiger partial charge >= 0.3 is 0 Å². The zero-order valence-electron chi connectivity index (χ0n) is 12.0. The molecule has 1 heterocycles. The van der Waals surface area contributed by atoms with Crippen molar-refractivity contribution in [1.82, 2.24) is 9.97 Å². The first kappa shape index (κ1) is 15.5. The summed E-state index contributed by atoms with van der Waals surface area (Å²) in [6, 6.07) is 5.90. The van der Waals surface area contributed by atoms with Gasteiger partial charge in [-0.2, -0.15) is 4.98 Å². The normalized spacial score (nSPS) is 10.5. The van der Waals surface area contributed by atoms with Gasteiger partial charge in [0.25, 0.3) is 0 Å². The molecule has 4 nitrogen and oxygen atoms in total. The highest BCUT2D eigenvalue weighted by molar-refractivity contribution is 6.30. The van der Waals surface area contributed by atoms with Crippen LogP contribution in [0.2, 0.25) is 5.02 Å². The average molecular weight is 310 g/mol. The summed E-state index contributed by atoms with van der Waals surface area (Å²) in [6.45, 7) is 4.80. The quantitative estimate of drug-likeness (QED) is 0.856. The molecule has 0 aliphatic rings. The highest BCUT2D eigenvalue weighted by atomic mass is 35.5. The lowest BCUT2D eigenvalue weighted by atomic mass is 10.3. The number of hydrogen-bond acceptors (Lipinski definition) is 4. The van der Waals surface area contributed by atoms with E-state index in [9.17, 15) is 4.39 Å². The van der Waals surface area contributed by atoms with E-state index in [1.54, 1.807) is 6.07 Å². The van der Waals surface area contributed by atoms with Gasteiger partial charge in [0.1, 0.15) is 23.2 Å². The monoisotopic (exact) mass is 309 g/mol. The van der Waals surface area contributed by atoms with Gasteiger partial charge in [-0.25, -0.2) is 9.37 Å². The third-order valence-electron chi connectivity index (χ3n) is 2.69. The Morgan fingerprint density at radius 1 is 1.24 bits per heavy atom. The van der Waals surface area contributed by atoms with Crippen molar-refractivity contribution in [2.24, 2.45) is 0 Å². The molecule has 1 aromatic heterocycles. The number of aromatic nitrogens is 2. The molecular weight excluding hydrogens is 293 g/mol. The predicted molar refractivity (Wildman–Crippen MR) is 81.7 cm³/mol. The molecule has 112 valence electrons. The minimum Gasteiger partial charge on any atom is -0.439 e. The van der Waals surface area contributed by atoms with Crippen LogP contribution in [-0.4, -0.2) is 16.5 Å². The first-order chi connectivity index (χ1) is 10.1. The molecule has 0 spiro atoms. The van der Waals surface area contributed by atoms with Crippen LogP contribution in [0.5, 0.6) is 11.6 Å². The second kappa shape index (κ2) is 7.22. The zero-order chi connectivity index (χ0) is 15.2. The van der Waals surface area contributed by atoms with E-state index >= 15 is 0 Å². The maximum Gasteiger partial charge on any atom is 0.224 e. The Labute approximate surface area is 128 Å². The molecule has 0 saturated heterocycles. The molecule has 0 aliphatic heterocycles. The summed E-state index contributed by atoms with van der Waals surface area (Å²) >= 11 is 5.74. The first-order valence-corrected chi connectivity index (χ1v) is 7.25. The molecule has 1 N–H and O–H groups in total. The molecule has 0 aliphatic carbocycles. The molecule has 2 aromatic rings. The zero-order valence-corrected chi connectivity index (χ0v) is 12.7. The van der Waals surface area contributed by atoms with E-state index < -0.39 is 5.82 Å². The molecule has 0 radical (unpaired) electrons. The van der Waals surface area contributed by atoms with Gasteiger partial charge < -0.3 is 10.1 Å². The van der Waals surface area contributed by atoms with Crippen LogP contribution in [0, 0.1) is 5.82 Å². The maximum atomic E-state index is 13.1. The maximum absolute atomic E-state index is 13.1. The number of nitrogens with one attached hydrogen (secondary N) is 1. The van der Waals surface area contributed by atoms with Crippen LogP contribution in [0.25, 0.3) is 0 Å². The molecule has 1 aromatic carbocycles. The highest BCUT2D eigenvalue weighted by Crippen LogP contribution is 2.26. The molecule has 0 saturated carbocycles. The standard InChI is InChI=1S/C15H17ClFN3O/c1-3-5-13-19-14(18-4-2)9-15(20-13)21-10-6-7-12(17)11(16)8-10/h6-9H,3-5H2,1-2H3,(H,18,19,20). The van der Waals surface area contributed by atoms with Crippen LogP contribution in [0.15, 0.2) is 24.3 Å². The van der Waals surface area contributed by atoms with Crippen molar-refractivity contribution in [3.05, 3.63) is 40.9 Å². The van der Waals surface area contributed by atoms with Crippen LogP contribution in [-0.2, 0) is 6.42 Å². The van der Waals surface area contributed by atoms with Crippen molar-refractivity contribution in [3.63, 3.8) is 0 Å². The van der Waals surface area contributed by atoms with E-state index in [1.807, 2.05) is 6.92 Å². The van der Waals surface area contributed by atoms with E-state index in [-0.39, 0.29) is 5.02 Å². The van der Waals surface area contributed by atoms with E-state index in [2.05, 4.69) is 22.2 Å². The van der Waals surface area contributed by atoms with Crippen molar-refractivity contribution in [1.29, 1.82) is 0 Å². The number of ether oxygens (including phenoxy) is 1. The van der Waals surface area contributed by atoms with Gasteiger partial charge in [0.05, 0.1) is 5.02 Å². The number of hydrogen-bond donors (Lipinski definition) is 1. The Bertz CT molecular complexity index is 598. The molecule has 0 bridgehead atoms. The topological polar surface area (TPSA) is 47.0 Å². The second-order valence-electron chi connectivity index (χ2n) is 4.47. The summed E-state index contributed by atoms with van der Waals surface area (Å²) in [7, 11) is 0. The number of halogens is 2. The van der Waals surface area contributed by atoms with Gasteiger partial charge in [0, 0.05) is 25.1 Å². The molecule has 0 atom stereocenters. The van der Waals surface area contributed by atoms with Crippen LogP contribution in [0.4, 0.5) is 10.2 Å². The smallest absolute Gasteiger partial charge is 0.224 e. The first-order valence-electron chi connectivity index (χ1n) is 6.87. The van der Waals surface area contributed by atoms with Crippen LogP contribution in [0.1, 0.15) is 26.1 Å². The van der Waals surface area contributed by atoms with E-state index in [0.717, 1.165) is 19.4 Å². The molecule has 0 fully saturated rings. The summed E-state index contributed by atoms with van der Waals surface area (Å²) in [4.78, 5) is 8.74. The van der Waals surface area contributed by atoms with Crippen LogP contribution in [0.3, 0.4) is 0 Å². The summed E-state index contributed by atoms with van der Waals surface area (Å²) < 4.78 is 18.8. The third-order valence-corrected chi connectivity index (χ3v) is 2.98. The van der Waals surface area contributed by atoms with Crippen LogP contribution >= 0.6 is 11.6 Å². The number of nitrogens with zero attached hydrogens (tertiary/aromatic N) is 2. The molecule has 21 heavy (non-hydrogen) atoms. The number of aryl methyl sites for hydroxylation is 1. The lowest BCUT2D eigenvalue weighted by Crippen LogP contribution is -2.04. The summed E-state index contributed by atoms with van der Waals surface area (Å²) in [5.74, 6) is 1.78. The Morgan fingerprint density at radius 2 is 2.05 bits per heavy atom. The lowest BCUT2D eigenvalue weighted by molar-refractivity contribution is 0.457. The lowest BCUT2D eigenvalue weighted by Gasteiger charge is -2.10. The van der Waals surface area contributed by atoms with Crippen molar-refractivity contribution >= 4 is 17.4 Å². The number of benzene rings is 1. The third kappa shape index (κ3) is 4.29. The Morgan fingerprint density at radius 3 is 2.71 bits per heavy atom. The fourth-order valence-electron chi connectivity index (χ4n) is 1.79. The fraction of sp³-hybridized carbons (Fsp3) is 0.333. The van der Waals surface area contributed by atoms with Gasteiger partial charge in [-0.1, -0.05) is 18.5 Å². The van der Waals surface area contributed by atoms with Crippen molar-refractivity contribution in [2.45, 2.75) is 26.7 Å². The van der Waals surface area contributed by atoms with Crippen molar-refractivity contribution < 1.29 is 9.13 Å². The van der Waals surface area contributed by atoms with E-state index in [1.165, 1.54) is 18.2 Å². The molecule has 0 unspecified atom stereocenters. The minimum atomic E-state index is -0.480. The Kier molecular flexibility index (Phi) is 5.33. The second-order valence-corrected chi connectivity index (χ2v) is 4.87. The van der Waals surface area contributed by atoms with Crippen molar-refractivity contribution in [2.75, 3.05) is 11.9 Å². The van der Waals surface area contributed by atoms with Gasteiger partial charge in [-0.05, 0) is 25.5 Å². The summed E-state index contributed by atoms with van der Waals surface area (Å²) in [5.41, 5.74) is 0. The molecule has 0 amide bonds. The van der Waals surface area contributed by atoms with Gasteiger partial charge in [-0.15, -0.1) is 0 Å². The fourth-order valence-corrected chi connectivity index (χ4v) is 1.96. The summed E-state index contributed by atoms with van der Waals surface area (Å²) in [5, 5.41) is 3.15.